The molecule has 6 heteroatoms. The molecule has 3 N–H and O–H groups in total. The summed E-state index contributed by atoms with van der Waals surface area (Å²) < 4.78 is 0.681. The van der Waals surface area contributed by atoms with Crippen molar-refractivity contribution in [3.8, 4) is 0 Å². The molecule has 0 atom stereocenters. The van der Waals surface area contributed by atoms with Crippen LogP contribution in [0.2, 0.25) is 0 Å². The van der Waals surface area contributed by atoms with Crippen LogP contribution >= 0.6 is 0 Å². The molecule has 1 aromatic rings. The summed E-state index contributed by atoms with van der Waals surface area (Å²) in [7, 11) is 0. The predicted molar refractivity (Wildman–Crippen MR) is 42.6 cm³/mol. The van der Waals surface area contributed by atoms with Crippen LogP contribution in [-0.4, -0.2) is 17.0 Å². The zero-order valence-corrected chi connectivity index (χ0v) is 10.7. The normalized spacial score (nSPS) is 9.43. The maximum absolute atomic E-state index is 11.0. The standard InChI is InChI=1S/C8H6NO4.La/c9-13-8(12)6-3-1-5(2-4-6)7(10)11;/h1-3H,9H2,(H,10,11);. The summed E-state index contributed by atoms with van der Waals surface area (Å²) in [4.78, 5) is 25.7. The minimum absolute atomic E-state index is 0.163. The summed E-state index contributed by atoms with van der Waals surface area (Å²) in [6, 6.07) is 4.22. The molecule has 5 nitrogen and oxygen atoms in total. The molecule has 0 aromatic heterocycles. The molecular weight excluding hydrogens is 313 g/mol. The fourth-order valence-electron chi connectivity index (χ4n) is 0.945. The SMILES string of the molecule is NOC(=O)c1ccc(C(=O)O)c[c]1[La]. The molecule has 0 aliphatic carbocycles. The van der Waals surface area contributed by atoms with Gasteiger partial charge in [0.2, 0.25) is 0 Å². The Labute approximate surface area is 102 Å². The molecule has 0 bridgehead atoms. The monoisotopic (exact) mass is 319 g/mol. The zero-order chi connectivity index (χ0) is 10.7. The van der Waals surface area contributed by atoms with Gasteiger partial charge < -0.3 is 0 Å². The second-order valence-electron chi connectivity index (χ2n) is 2.51. The first-order chi connectivity index (χ1) is 6.56. The topological polar surface area (TPSA) is 89.6 Å². The van der Waals surface area contributed by atoms with E-state index in [4.69, 9.17) is 11.0 Å². The summed E-state index contributed by atoms with van der Waals surface area (Å²) in [5.74, 6) is 3.07. The Bertz CT molecular complexity index is 391. The van der Waals surface area contributed by atoms with Crippen molar-refractivity contribution in [1.29, 1.82) is 0 Å². The van der Waals surface area contributed by atoms with Gasteiger partial charge in [0.1, 0.15) is 0 Å². The number of rotatable bonds is 2. The van der Waals surface area contributed by atoms with Crippen LogP contribution in [0.3, 0.4) is 0 Å². The van der Waals surface area contributed by atoms with E-state index in [2.05, 4.69) is 4.84 Å². The molecule has 0 radical (unpaired) electrons. The van der Waals surface area contributed by atoms with E-state index in [-0.39, 0.29) is 5.56 Å². The van der Waals surface area contributed by atoms with Gasteiger partial charge in [0.25, 0.3) is 0 Å². The average Bonchev–Trinajstić information content (AvgIpc) is 2.16. The summed E-state index contributed by atoms with van der Waals surface area (Å²) >= 11 is 0.341. The van der Waals surface area contributed by atoms with Crippen molar-refractivity contribution in [2.24, 2.45) is 5.90 Å². The molecule has 0 saturated heterocycles. The number of carboxylic acid groups (broad SMARTS) is 1. The van der Waals surface area contributed by atoms with Crippen molar-refractivity contribution in [2.45, 2.75) is 0 Å². The zero-order valence-electron chi connectivity index (χ0n) is 7.06. The van der Waals surface area contributed by atoms with Gasteiger partial charge in [-0.15, -0.1) is 0 Å². The van der Waals surface area contributed by atoms with Crippen molar-refractivity contribution in [2.75, 3.05) is 0 Å². The van der Waals surface area contributed by atoms with Crippen LogP contribution in [-0.2, 0) is 4.84 Å². The number of nitrogens with two attached hydrogens (primary N) is 1. The Morgan fingerprint density at radius 3 is 2.50 bits per heavy atom. The van der Waals surface area contributed by atoms with Crippen molar-refractivity contribution in [3.63, 3.8) is 0 Å². The number of aromatic carboxylic acids is 1. The Hall–Kier alpha value is -0.685. The molecule has 70 valence electrons. The van der Waals surface area contributed by atoms with E-state index in [9.17, 15) is 9.59 Å². The molecule has 1 rings (SSSR count). The summed E-state index contributed by atoms with van der Waals surface area (Å²) in [5, 5.41) is 8.67. The van der Waals surface area contributed by atoms with Crippen LogP contribution in [0.1, 0.15) is 20.7 Å². The first-order valence-electron chi connectivity index (χ1n) is 3.60. The van der Waals surface area contributed by atoms with Crippen LogP contribution in [0.25, 0.3) is 0 Å². The fourth-order valence-corrected chi connectivity index (χ4v) is 2.18. The maximum atomic E-state index is 11.0. The predicted octanol–water partition coefficient (Wildman–Crippen LogP) is -0.410. The van der Waals surface area contributed by atoms with E-state index in [1.165, 1.54) is 18.2 Å². The number of hydrogen-bond acceptors (Lipinski definition) is 4. The molecule has 0 unspecified atom stereocenters. The third-order valence-electron chi connectivity index (χ3n) is 1.63. The van der Waals surface area contributed by atoms with Gasteiger partial charge in [-0.3, -0.25) is 0 Å². The molecule has 14 heavy (non-hydrogen) atoms. The fraction of sp³-hybridized carbons (Fsp3) is 0. The minimum atomic E-state index is -1.01. The third kappa shape index (κ3) is 2.42. The summed E-state index contributed by atoms with van der Waals surface area (Å²) in [5.41, 5.74) is 0.499. The van der Waals surface area contributed by atoms with Crippen LogP contribution < -0.4 is 7.86 Å². The Balaban J connectivity index is 3.14. The first-order valence-corrected chi connectivity index (χ1v) is 5.41. The van der Waals surface area contributed by atoms with Crippen LogP contribution in [0.5, 0.6) is 0 Å². The number of carboxylic acids is 1. The first kappa shape index (κ1) is 11.4. The molecule has 0 saturated carbocycles. The second-order valence-corrected chi connectivity index (χ2v) is 4.47. The van der Waals surface area contributed by atoms with Crippen LogP contribution in [0, 0.1) is 33.7 Å². The number of hydrogen-bond donors (Lipinski definition) is 2. The molecule has 0 fully saturated rings. The summed E-state index contributed by atoms with van der Waals surface area (Å²) in [6.45, 7) is 0. The molecule has 0 aliphatic rings. The molecule has 0 amide bonds. The summed E-state index contributed by atoms with van der Waals surface area (Å²) in [6.07, 6.45) is 0. The van der Waals surface area contributed by atoms with E-state index in [1.807, 2.05) is 0 Å². The van der Waals surface area contributed by atoms with E-state index >= 15 is 0 Å². The van der Waals surface area contributed by atoms with Gasteiger partial charge >= 0.3 is 102 Å². The molecule has 1 aromatic carbocycles. The number of carbonyl (C=O) groups is 2. The molecular formula is C8H6LaNO4. The van der Waals surface area contributed by atoms with Crippen molar-refractivity contribution < 1.29 is 53.3 Å². The van der Waals surface area contributed by atoms with Crippen molar-refractivity contribution >= 4 is 13.9 Å². The van der Waals surface area contributed by atoms with Gasteiger partial charge in [-0.05, 0) is 0 Å². The van der Waals surface area contributed by atoms with Crippen molar-refractivity contribution in [3.05, 3.63) is 29.3 Å². The second kappa shape index (κ2) is 4.70. The van der Waals surface area contributed by atoms with E-state index in [0.717, 1.165) is 0 Å². The molecule has 0 aliphatic heterocycles. The van der Waals surface area contributed by atoms with Gasteiger partial charge in [-0.2, -0.15) is 0 Å². The molecule has 0 heterocycles. The number of benzene rings is 1. The van der Waals surface area contributed by atoms with E-state index in [1.54, 1.807) is 0 Å². The van der Waals surface area contributed by atoms with E-state index < -0.39 is 11.9 Å². The van der Waals surface area contributed by atoms with Gasteiger partial charge in [0, 0.05) is 0 Å². The quantitative estimate of drug-likeness (QED) is 0.724. The third-order valence-corrected chi connectivity index (χ3v) is 3.13. The average molecular weight is 319 g/mol. The van der Waals surface area contributed by atoms with Crippen LogP contribution in [0.15, 0.2) is 18.2 Å². The van der Waals surface area contributed by atoms with Gasteiger partial charge in [0.15, 0.2) is 0 Å². The van der Waals surface area contributed by atoms with Gasteiger partial charge in [-0.1, -0.05) is 0 Å². The Morgan fingerprint density at radius 1 is 1.43 bits per heavy atom. The number of carbonyl (C=O) groups excluding carboxylic acids is 1. The van der Waals surface area contributed by atoms with Crippen LogP contribution in [0.4, 0.5) is 0 Å². The Morgan fingerprint density at radius 2 is 2.07 bits per heavy atom. The van der Waals surface area contributed by atoms with Gasteiger partial charge in [0.05, 0.1) is 0 Å². The molecule has 0 spiro atoms. The van der Waals surface area contributed by atoms with Gasteiger partial charge in [-0.25, -0.2) is 0 Å². The van der Waals surface area contributed by atoms with E-state index in [0.29, 0.717) is 41.3 Å². The Kier molecular flexibility index (Phi) is 3.82. The van der Waals surface area contributed by atoms with Crippen molar-refractivity contribution in [1.82, 2.24) is 0 Å².